The Morgan fingerprint density at radius 2 is 2.16 bits per heavy atom. The first-order valence-corrected chi connectivity index (χ1v) is 9.98. The van der Waals surface area contributed by atoms with Gasteiger partial charge in [0, 0.05) is 45.3 Å². The highest BCUT2D eigenvalue weighted by Crippen LogP contribution is 2.30. The molecular weight excluding hydrogens is 340 g/mol. The van der Waals surface area contributed by atoms with Gasteiger partial charge in [-0.15, -0.1) is 0 Å². The fourth-order valence-corrected chi connectivity index (χ4v) is 4.53. The van der Waals surface area contributed by atoms with Gasteiger partial charge in [0.05, 0.1) is 12.9 Å². The maximum atomic E-state index is 12.8. The summed E-state index contributed by atoms with van der Waals surface area (Å²) >= 11 is 0. The fourth-order valence-electron chi connectivity index (χ4n) is 3.15. The van der Waals surface area contributed by atoms with Gasteiger partial charge in [0.2, 0.25) is 0 Å². The zero-order valence-electron chi connectivity index (χ0n) is 14.3. The summed E-state index contributed by atoms with van der Waals surface area (Å²) in [6.45, 7) is 2.15. The molecule has 0 aromatic carbocycles. The lowest BCUT2D eigenvalue weighted by Gasteiger charge is -2.28. The average Bonchev–Trinajstić information content (AvgIpc) is 3.32. The van der Waals surface area contributed by atoms with E-state index in [2.05, 4.69) is 9.97 Å². The van der Waals surface area contributed by atoms with E-state index in [9.17, 15) is 8.42 Å². The first-order valence-electron chi connectivity index (χ1n) is 8.54. The van der Waals surface area contributed by atoms with Crippen LogP contribution in [-0.4, -0.2) is 40.4 Å². The number of fused-ring (bicyclic) bond motifs is 1. The lowest BCUT2D eigenvalue weighted by Crippen LogP contribution is -2.36. The highest BCUT2D eigenvalue weighted by molar-refractivity contribution is 7.89. The fraction of sp³-hybridized carbons (Fsp3) is 0.529. The molecule has 0 unspecified atom stereocenters. The summed E-state index contributed by atoms with van der Waals surface area (Å²) in [6.07, 6.45) is 9.85. The van der Waals surface area contributed by atoms with E-state index in [1.807, 2.05) is 6.20 Å². The van der Waals surface area contributed by atoms with Gasteiger partial charge in [-0.25, -0.2) is 13.4 Å². The summed E-state index contributed by atoms with van der Waals surface area (Å²) in [4.78, 5) is 8.28. The van der Waals surface area contributed by atoms with Crippen LogP contribution in [0.5, 0.6) is 0 Å². The molecule has 2 aromatic rings. The number of aryl methyl sites for hydroxylation is 1. The number of imidazole rings is 1. The van der Waals surface area contributed by atoms with E-state index in [1.165, 1.54) is 35.2 Å². The smallest absolute Gasteiger partial charge is 0.262 e. The molecule has 0 bridgehead atoms. The second kappa shape index (κ2) is 6.51. The molecule has 8 heteroatoms. The summed E-state index contributed by atoms with van der Waals surface area (Å²) < 4.78 is 34.4. The standard InChI is InChI=1S/C17H22N4O3S/c1-20-9-17(19-12-20)25(22,23)21-5-4-16-14(8-21)6-18-7-15(16)11-24-10-13-2-3-13/h6-7,9,12-13H,2-5,8,10-11H2,1H3. The van der Waals surface area contributed by atoms with Crippen molar-refractivity contribution in [2.24, 2.45) is 13.0 Å². The van der Waals surface area contributed by atoms with Crippen LogP contribution >= 0.6 is 0 Å². The summed E-state index contributed by atoms with van der Waals surface area (Å²) in [5.41, 5.74) is 3.21. The predicted molar refractivity (Wildman–Crippen MR) is 91.1 cm³/mol. The van der Waals surface area contributed by atoms with Gasteiger partial charge in [0.25, 0.3) is 10.0 Å². The van der Waals surface area contributed by atoms with Crippen molar-refractivity contribution in [2.75, 3.05) is 13.2 Å². The van der Waals surface area contributed by atoms with Crippen LogP contribution in [-0.2, 0) is 41.4 Å². The summed E-state index contributed by atoms with van der Waals surface area (Å²) in [7, 11) is -1.82. The molecule has 1 aliphatic heterocycles. The van der Waals surface area contributed by atoms with E-state index in [0.29, 0.717) is 26.1 Å². The number of rotatable bonds is 6. The third kappa shape index (κ3) is 3.47. The second-order valence-corrected chi connectivity index (χ2v) is 8.75. The number of nitrogens with zero attached hydrogens (tertiary/aromatic N) is 4. The van der Waals surface area contributed by atoms with Gasteiger partial charge in [-0.1, -0.05) is 0 Å². The van der Waals surface area contributed by atoms with Crippen LogP contribution in [0.15, 0.2) is 29.9 Å². The van der Waals surface area contributed by atoms with Crippen LogP contribution in [0.3, 0.4) is 0 Å². The molecule has 1 fully saturated rings. The molecule has 0 N–H and O–H groups in total. The number of hydrogen-bond acceptors (Lipinski definition) is 5. The van der Waals surface area contributed by atoms with Gasteiger partial charge in [0.1, 0.15) is 0 Å². The van der Waals surface area contributed by atoms with E-state index in [-0.39, 0.29) is 5.03 Å². The molecule has 0 saturated heterocycles. The molecule has 4 rings (SSSR count). The number of ether oxygens (including phenoxy) is 1. The minimum Gasteiger partial charge on any atom is -0.376 e. The van der Waals surface area contributed by atoms with Crippen LogP contribution < -0.4 is 0 Å². The highest BCUT2D eigenvalue weighted by Gasteiger charge is 2.31. The summed E-state index contributed by atoms with van der Waals surface area (Å²) in [5.74, 6) is 0.728. The van der Waals surface area contributed by atoms with E-state index < -0.39 is 10.0 Å². The lowest BCUT2D eigenvalue weighted by atomic mass is 9.99. The predicted octanol–water partition coefficient (Wildman–Crippen LogP) is 1.49. The molecule has 7 nitrogen and oxygen atoms in total. The van der Waals surface area contributed by atoms with Crippen molar-refractivity contribution in [3.05, 3.63) is 41.6 Å². The van der Waals surface area contributed by atoms with Crippen molar-refractivity contribution in [1.29, 1.82) is 0 Å². The molecule has 25 heavy (non-hydrogen) atoms. The lowest BCUT2D eigenvalue weighted by molar-refractivity contribution is 0.110. The minimum absolute atomic E-state index is 0.0929. The van der Waals surface area contributed by atoms with Gasteiger partial charge >= 0.3 is 0 Å². The number of pyridine rings is 1. The maximum Gasteiger partial charge on any atom is 0.262 e. The second-order valence-electron chi connectivity index (χ2n) is 6.86. The Labute approximate surface area is 147 Å². The van der Waals surface area contributed by atoms with E-state index in [4.69, 9.17) is 4.74 Å². The SMILES string of the molecule is Cn1cnc(S(=O)(=O)N2CCc3c(COCC4CC4)cncc3C2)c1. The van der Waals surface area contributed by atoms with Gasteiger partial charge in [-0.2, -0.15) is 4.31 Å². The molecule has 134 valence electrons. The molecule has 3 heterocycles. The first kappa shape index (κ1) is 16.7. The minimum atomic E-state index is -3.57. The Kier molecular flexibility index (Phi) is 4.35. The Bertz CT molecular complexity index is 874. The highest BCUT2D eigenvalue weighted by atomic mass is 32.2. The van der Waals surface area contributed by atoms with Gasteiger partial charge in [-0.05, 0) is 41.9 Å². The van der Waals surface area contributed by atoms with E-state index in [0.717, 1.165) is 23.7 Å². The van der Waals surface area contributed by atoms with Crippen LogP contribution in [0.1, 0.15) is 29.5 Å². The monoisotopic (exact) mass is 362 g/mol. The van der Waals surface area contributed by atoms with Gasteiger partial charge < -0.3 is 9.30 Å². The summed E-state index contributed by atoms with van der Waals surface area (Å²) in [5, 5.41) is 0.0929. The zero-order valence-corrected chi connectivity index (χ0v) is 15.1. The number of aromatic nitrogens is 3. The molecule has 0 amide bonds. The molecule has 0 radical (unpaired) electrons. The Morgan fingerprint density at radius 3 is 2.88 bits per heavy atom. The van der Waals surface area contributed by atoms with Crippen molar-refractivity contribution in [2.45, 2.75) is 37.4 Å². The number of sulfonamides is 1. The normalized spacial score (nSPS) is 18.3. The van der Waals surface area contributed by atoms with Crippen molar-refractivity contribution >= 4 is 10.0 Å². The average molecular weight is 362 g/mol. The Morgan fingerprint density at radius 1 is 1.32 bits per heavy atom. The van der Waals surface area contributed by atoms with Crippen LogP contribution in [0, 0.1) is 5.92 Å². The molecule has 2 aromatic heterocycles. The molecule has 0 spiro atoms. The van der Waals surface area contributed by atoms with Crippen molar-refractivity contribution in [1.82, 2.24) is 18.8 Å². The van der Waals surface area contributed by atoms with Gasteiger partial charge in [-0.3, -0.25) is 4.98 Å². The van der Waals surface area contributed by atoms with E-state index >= 15 is 0 Å². The Balaban J connectivity index is 1.51. The topological polar surface area (TPSA) is 77.3 Å². The third-order valence-electron chi connectivity index (χ3n) is 4.79. The zero-order chi connectivity index (χ0) is 17.4. The molecular formula is C17H22N4O3S. The third-order valence-corrected chi connectivity index (χ3v) is 6.52. The molecule has 1 aliphatic carbocycles. The van der Waals surface area contributed by atoms with Crippen LogP contribution in [0.2, 0.25) is 0 Å². The quantitative estimate of drug-likeness (QED) is 0.778. The Hall–Kier alpha value is -1.77. The maximum absolute atomic E-state index is 12.8. The van der Waals surface area contributed by atoms with Crippen molar-refractivity contribution < 1.29 is 13.2 Å². The van der Waals surface area contributed by atoms with Crippen molar-refractivity contribution in [3.8, 4) is 0 Å². The van der Waals surface area contributed by atoms with Crippen LogP contribution in [0.25, 0.3) is 0 Å². The first-order chi connectivity index (χ1) is 12.0. The van der Waals surface area contributed by atoms with Gasteiger partial charge in [0.15, 0.2) is 5.03 Å². The largest absolute Gasteiger partial charge is 0.376 e. The summed E-state index contributed by atoms with van der Waals surface area (Å²) in [6, 6.07) is 0. The van der Waals surface area contributed by atoms with Crippen molar-refractivity contribution in [3.63, 3.8) is 0 Å². The molecule has 2 aliphatic rings. The van der Waals surface area contributed by atoms with Crippen LogP contribution in [0.4, 0.5) is 0 Å². The number of hydrogen-bond donors (Lipinski definition) is 0. The van der Waals surface area contributed by atoms with E-state index in [1.54, 1.807) is 17.8 Å². The molecule has 0 atom stereocenters. The molecule has 1 saturated carbocycles.